The van der Waals surface area contributed by atoms with Crippen LogP contribution in [0.25, 0.3) is 0 Å². The number of rotatable bonds is 14. The molecular weight excluding hydrogens is 342 g/mol. The first-order valence-corrected chi connectivity index (χ1v) is 10.4. The molecule has 0 radical (unpaired) electrons. The molecule has 1 amide bonds. The maximum atomic E-state index is 11.6. The van der Waals surface area contributed by atoms with Crippen molar-refractivity contribution in [3.05, 3.63) is 24.3 Å². The van der Waals surface area contributed by atoms with Crippen LogP contribution in [0.15, 0.2) is 24.3 Å². The van der Waals surface area contributed by atoms with E-state index in [1.807, 2.05) is 0 Å². The van der Waals surface area contributed by atoms with Gasteiger partial charge in [-0.3, -0.25) is 4.79 Å². The molecule has 1 aromatic carbocycles. The van der Waals surface area contributed by atoms with Crippen molar-refractivity contribution in [2.24, 2.45) is 0 Å². The fraction of sp³-hybridized carbons (Fsp3) is 0.636. The second kappa shape index (κ2) is 15.1. The fourth-order valence-corrected chi connectivity index (χ4v) is 2.79. The summed E-state index contributed by atoms with van der Waals surface area (Å²) in [5, 5.41) is 2.50. The Hall–Kier alpha value is -2.04. The van der Waals surface area contributed by atoms with E-state index in [0.29, 0.717) is 12.3 Å². The third-order valence-corrected chi connectivity index (χ3v) is 4.34. The van der Waals surface area contributed by atoms with E-state index < -0.39 is 11.9 Å². The second-order valence-corrected chi connectivity index (χ2v) is 6.73. The minimum atomic E-state index is -0.876. The van der Waals surface area contributed by atoms with Crippen LogP contribution >= 0.6 is 0 Å². The van der Waals surface area contributed by atoms with Gasteiger partial charge < -0.3 is 14.8 Å². The van der Waals surface area contributed by atoms with Crippen molar-refractivity contribution in [1.29, 1.82) is 0 Å². The van der Waals surface area contributed by atoms with Crippen LogP contribution in [-0.2, 0) is 14.3 Å². The fourth-order valence-electron chi connectivity index (χ4n) is 2.79. The monoisotopic (exact) mass is 377 g/mol. The molecule has 0 fully saturated rings. The third kappa shape index (κ3) is 11.3. The van der Waals surface area contributed by atoms with Crippen LogP contribution < -0.4 is 10.1 Å². The Labute approximate surface area is 163 Å². The number of amides is 1. The number of hydrogen-bond acceptors (Lipinski definition) is 4. The molecule has 0 saturated carbocycles. The zero-order chi connectivity index (χ0) is 19.7. The number of ether oxygens (including phenoxy) is 2. The highest BCUT2D eigenvalue weighted by Gasteiger charge is 2.14. The van der Waals surface area contributed by atoms with Gasteiger partial charge in [-0.25, -0.2) is 4.79 Å². The molecular formula is C22H35NO4. The zero-order valence-electron chi connectivity index (χ0n) is 16.9. The van der Waals surface area contributed by atoms with Crippen molar-refractivity contribution < 1.29 is 19.1 Å². The van der Waals surface area contributed by atoms with Crippen LogP contribution in [-0.4, -0.2) is 25.1 Å². The molecule has 0 aromatic heterocycles. The second-order valence-electron chi connectivity index (χ2n) is 6.73. The molecule has 1 aromatic rings. The van der Waals surface area contributed by atoms with Crippen molar-refractivity contribution >= 4 is 17.6 Å². The Kier molecular flexibility index (Phi) is 12.8. The number of carbonyl (C=O) groups excluding carboxylic acids is 2. The van der Waals surface area contributed by atoms with E-state index in [2.05, 4.69) is 17.0 Å². The molecule has 152 valence electrons. The highest BCUT2D eigenvalue weighted by atomic mass is 16.5. The van der Waals surface area contributed by atoms with E-state index in [1.165, 1.54) is 57.8 Å². The minimum absolute atomic E-state index is 0.179. The lowest BCUT2D eigenvalue weighted by molar-refractivity contribution is -0.152. The number of benzene rings is 1. The van der Waals surface area contributed by atoms with Gasteiger partial charge in [-0.15, -0.1) is 0 Å². The van der Waals surface area contributed by atoms with Gasteiger partial charge >= 0.3 is 11.9 Å². The van der Waals surface area contributed by atoms with Crippen molar-refractivity contribution in [1.82, 2.24) is 0 Å². The standard InChI is InChI=1S/C22H35NO4/c1-3-5-6-7-8-9-10-11-12-13-18-27-20-16-14-19(15-17-20)23-21(24)22(25)26-4-2/h14-17H,3-13,18H2,1-2H3,(H,23,24). The summed E-state index contributed by atoms with van der Waals surface area (Å²) in [7, 11) is 0. The van der Waals surface area contributed by atoms with Gasteiger partial charge in [-0.05, 0) is 37.6 Å². The minimum Gasteiger partial charge on any atom is -0.494 e. The van der Waals surface area contributed by atoms with Crippen LogP contribution in [0.5, 0.6) is 5.75 Å². The molecule has 0 aliphatic rings. The quantitative estimate of drug-likeness (QED) is 0.264. The van der Waals surface area contributed by atoms with Gasteiger partial charge in [-0.1, -0.05) is 64.7 Å². The normalized spacial score (nSPS) is 10.4. The molecule has 0 atom stereocenters. The predicted octanol–water partition coefficient (Wildman–Crippen LogP) is 5.49. The average molecular weight is 378 g/mol. The zero-order valence-corrected chi connectivity index (χ0v) is 16.9. The topological polar surface area (TPSA) is 64.6 Å². The molecule has 1 N–H and O–H groups in total. The first kappa shape index (κ1) is 23.0. The van der Waals surface area contributed by atoms with Crippen LogP contribution in [0.2, 0.25) is 0 Å². The van der Waals surface area contributed by atoms with E-state index in [-0.39, 0.29) is 6.61 Å². The van der Waals surface area contributed by atoms with E-state index in [9.17, 15) is 9.59 Å². The average Bonchev–Trinajstić information content (AvgIpc) is 2.67. The lowest BCUT2D eigenvalue weighted by Crippen LogP contribution is -2.24. The molecule has 5 heteroatoms. The Bertz CT molecular complexity index is 528. The first-order valence-electron chi connectivity index (χ1n) is 10.4. The van der Waals surface area contributed by atoms with Crippen molar-refractivity contribution in [2.75, 3.05) is 18.5 Å². The number of anilines is 1. The highest BCUT2D eigenvalue weighted by molar-refractivity contribution is 6.37. The molecule has 0 aliphatic heterocycles. The van der Waals surface area contributed by atoms with E-state index >= 15 is 0 Å². The van der Waals surface area contributed by atoms with Gasteiger partial charge in [0.1, 0.15) is 5.75 Å². The molecule has 0 unspecified atom stereocenters. The summed E-state index contributed by atoms with van der Waals surface area (Å²) < 4.78 is 10.4. The van der Waals surface area contributed by atoms with Gasteiger partial charge in [0.25, 0.3) is 0 Å². The molecule has 1 rings (SSSR count). The Morgan fingerprint density at radius 1 is 0.815 bits per heavy atom. The van der Waals surface area contributed by atoms with Crippen LogP contribution in [0.1, 0.15) is 78.1 Å². The van der Waals surface area contributed by atoms with Crippen LogP contribution in [0.3, 0.4) is 0 Å². The smallest absolute Gasteiger partial charge is 0.397 e. The maximum absolute atomic E-state index is 11.6. The molecule has 0 heterocycles. The van der Waals surface area contributed by atoms with E-state index in [1.54, 1.807) is 31.2 Å². The summed E-state index contributed by atoms with van der Waals surface area (Å²) in [5.41, 5.74) is 0.541. The van der Waals surface area contributed by atoms with Gasteiger partial charge in [0.15, 0.2) is 0 Å². The van der Waals surface area contributed by atoms with Crippen molar-refractivity contribution in [3.8, 4) is 5.75 Å². The Morgan fingerprint density at radius 2 is 1.37 bits per heavy atom. The van der Waals surface area contributed by atoms with Gasteiger partial charge in [-0.2, -0.15) is 0 Å². The van der Waals surface area contributed by atoms with E-state index in [0.717, 1.165) is 12.2 Å². The molecule has 27 heavy (non-hydrogen) atoms. The summed E-state index contributed by atoms with van der Waals surface area (Å²) in [4.78, 5) is 22.8. The number of nitrogens with one attached hydrogen (secondary N) is 1. The van der Waals surface area contributed by atoms with Gasteiger partial charge in [0, 0.05) is 5.69 Å². The summed E-state index contributed by atoms with van der Waals surface area (Å²) in [6, 6.07) is 7.00. The summed E-state index contributed by atoms with van der Waals surface area (Å²) >= 11 is 0. The van der Waals surface area contributed by atoms with Crippen LogP contribution in [0, 0.1) is 0 Å². The molecule has 0 saturated heterocycles. The Morgan fingerprint density at radius 3 is 1.93 bits per heavy atom. The van der Waals surface area contributed by atoms with E-state index in [4.69, 9.17) is 4.74 Å². The summed E-state index contributed by atoms with van der Waals surface area (Å²) in [6.45, 7) is 4.79. The van der Waals surface area contributed by atoms with Crippen LogP contribution in [0.4, 0.5) is 5.69 Å². The first-order chi connectivity index (χ1) is 13.2. The Balaban J connectivity index is 2.08. The van der Waals surface area contributed by atoms with Gasteiger partial charge in [0.05, 0.1) is 13.2 Å². The predicted molar refractivity (Wildman–Crippen MR) is 109 cm³/mol. The number of unbranched alkanes of at least 4 members (excludes halogenated alkanes) is 9. The van der Waals surface area contributed by atoms with Crippen molar-refractivity contribution in [3.63, 3.8) is 0 Å². The molecule has 5 nitrogen and oxygen atoms in total. The molecule has 0 spiro atoms. The lowest BCUT2D eigenvalue weighted by atomic mass is 10.1. The SMILES string of the molecule is CCCCCCCCCCCCOc1ccc(NC(=O)C(=O)OCC)cc1. The number of carbonyl (C=O) groups is 2. The third-order valence-electron chi connectivity index (χ3n) is 4.34. The number of esters is 1. The molecule has 0 bridgehead atoms. The molecule has 0 aliphatic carbocycles. The lowest BCUT2D eigenvalue weighted by Gasteiger charge is -2.08. The van der Waals surface area contributed by atoms with Crippen molar-refractivity contribution in [2.45, 2.75) is 78.1 Å². The largest absolute Gasteiger partial charge is 0.494 e. The van der Waals surface area contributed by atoms with Gasteiger partial charge in [0.2, 0.25) is 0 Å². The maximum Gasteiger partial charge on any atom is 0.397 e. The summed E-state index contributed by atoms with van der Waals surface area (Å²) in [6.07, 6.45) is 13.0. The summed E-state index contributed by atoms with van der Waals surface area (Å²) in [5.74, 6) is -0.880. The highest BCUT2D eigenvalue weighted by Crippen LogP contribution is 2.16. The number of hydrogen-bond donors (Lipinski definition) is 1.